The minimum atomic E-state index is -4.86. The molecular weight excluding hydrogens is 478 g/mol. The Hall–Kier alpha value is -3.85. The average molecular weight is 501 g/mol. The fourth-order valence-electron chi connectivity index (χ4n) is 3.86. The molecule has 0 aliphatic rings. The highest BCUT2D eigenvalue weighted by Crippen LogP contribution is 2.32. The topological polar surface area (TPSA) is 60.6 Å². The number of fused-ring (bicyclic) bond motifs is 1. The lowest BCUT2D eigenvalue weighted by Gasteiger charge is -2.12. The third-order valence-electron chi connectivity index (χ3n) is 5.47. The number of aromatic amines is 1. The zero-order chi connectivity index (χ0) is 25.7. The highest BCUT2D eigenvalue weighted by Gasteiger charge is 2.31. The minimum absolute atomic E-state index is 0.141. The van der Waals surface area contributed by atoms with E-state index >= 15 is 0 Å². The molecule has 0 unspecified atom stereocenters. The lowest BCUT2D eigenvalue weighted by Crippen LogP contribution is -2.17. The second-order valence-electron chi connectivity index (χ2n) is 8.15. The molecule has 0 amide bonds. The van der Waals surface area contributed by atoms with Gasteiger partial charge in [-0.1, -0.05) is 36.4 Å². The van der Waals surface area contributed by atoms with Crippen molar-refractivity contribution in [2.45, 2.75) is 26.3 Å². The van der Waals surface area contributed by atoms with Gasteiger partial charge in [0.15, 0.2) is 5.78 Å². The summed E-state index contributed by atoms with van der Waals surface area (Å²) in [5.74, 6) is -1.11. The van der Waals surface area contributed by atoms with Gasteiger partial charge in [0.1, 0.15) is 23.9 Å². The number of alkyl halides is 3. The van der Waals surface area contributed by atoms with Crippen LogP contribution in [-0.4, -0.2) is 30.3 Å². The number of H-pyrrole nitrogens is 1. The highest BCUT2D eigenvalue weighted by atomic mass is 19.4. The number of rotatable bonds is 10. The van der Waals surface area contributed by atoms with Crippen LogP contribution in [0.1, 0.15) is 27.0 Å². The van der Waals surface area contributed by atoms with Gasteiger partial charge < -0.3 is 19.2 Å². The summed E-state index contributed by atoms with van der Waals surface area (Å²) in [7, 11) is 0. The Balaban J connectivity index is 1.46. The van der Waals surface area contributed by atoms with Crippen molar-refractivity contribution in [3.8, 4) is 11.5 Å². The normalized spacial score (nSPS) is 11.6. The predicted octanol–water partition coefficient (Wildman–Crippen LogP) is 6.54. The van der Waals surface area contributed by atoms with Gasteiger partial charge in [0.05, 0.1) is 13.2 Å². The Labute approximate surface area is 204 Å². The number of carbonyl (C=O) groups is 1. The number of nitrogens with one attached hydrogen (secondary N) is 1. The van der Waals surface area contributed by atoms with Crippen LogP contribution < -0.4 is 9.47 Å². The van der Waals surface area contributed by atoms with E-state index in [1.54, 1.807) is 6.92 Å². The Morgan fingerprint density at radius 3 is 2.53 bits per heavy atom. The van der Waals surface area contributed by atoms with E-state index in [1.165, 1.54) is 36.5 Å². The standard InChI is InChI=1S/C27H23F4NO4/c1-17-11-21(36-27(29,30)31)14-22-23(15-32-26(17)22)24(33)12-19-7-8-20(28)13-25(19)35-10-9-34-16-18-5-3-2-4-6-18/h2-8,11,13-15,32H,9-10,12,16H2,1H3. The van der Waals surface area contributed by atoms with Crippen LogP contribution in [0.3, 0.4) is 0 Å². The number of ketones is 1. The van der Waals surface area contributed by atoms with Gasteiger partial charge in [-0.15, -0.1) is 13.2 Å². The summed E-state index contributed by atoms with van der Waals surface area (Å²) >= 11 is 0. The third kappa shape index (κ3) is 6.42. The predicted molar refractivity (Wildman–Crippen MR) is 126 cm³/mol. The fourth-order valence-corrected chi connectivity index (χ4v) is 3.86. The molecule has 0 aliphatic carbocycles. The number of hydrogen-bond donors (Lipinski definition) is 1. The summed E-state index contributed by atoms with van der Waals surface area (Å²) < 4.78 is 67.3. The molecule has 5 nitrogen and oxygen atoms in total. The Morgan fingerprint density at radius 2 is 1.78 bits per heavy atom. The molecule has 1 N–H and O–H groups in total. The van der Waals surface area contributed by atoms with Crippen LogP contribution in [0.25, 0.3) is 10.9 Å². The van der Waals surface area contributed by atoms with Crippen molar-refractivity contribution in [1.29, 1.82) is 0 Å². The number of benzene rings is 3. The maximum Gasteiger partial charge on any atom is 0.573 e. The second kappa shape index (κ2) is 10.8. The number of carbonyl (C=O) groups excluding carboxylic acids is 1. The molecule has 0 bridgehead atoms. The van der Waals surface area contributed by atoms with Crippen LogP contribution in [0.4, 0.5) is 17.6 Å². The molecule has 188 valence electrons. The van der Waals surface area contributed by atoms with Crippen molar-refractivity contribution >= 4 is 16.7 Å². The summed E-state index contributed by atoms with van der Waals surface area (Å²) in [5, 5.41) is 0.304. The van der Waals surface area contributed by atoms with Crippen molar-refractivity contribution in [3.05, 3.63) is 94.9 Å². The van der Waals surface area contributed by atoms with Gasteiger partial charge >= 0.3 is 6.36 Å². The summed E-state index contributed by atoms with van der Waals surface area (Å²) in [6, 6.07) is 15.9. The van der Waals surface area contributed by atoms with Gasteiger partial charge in [-0.3, -0.25) is 4.79 Å². The van der Waals surface area contributed by atoms with Crippen molar-refractivity contribution in [2.24, 2.45) is 0 Å². The van der Waals surface area contributed by atoms with Gasteiger partial charge in [0, 0.05) is 40.7 Å². The first-order valence-corrected chi connectivity index (χ1v) is 11.1. The van der Waals surface area contributed by atoms with E-state index in [2.05, 4.69) is 9.72 Å². The molecule has 0 atom stereocenters. The van der Waals surface area contributed by atoms with Gasteiger partial charge in [0.2, 0.25) is 0 Å². The van der Waals surface area contributed by atoms with Crippen LogP contribution in [-0.2, 0) is 17.8 Å². The highest BCUT2D eigenvalue weighted by molar-refractivity contribution is 6.09. The Kier molecular flexibility index (Phi) is 7.59. The van der Waals surface area contributed by atoms with E-state index in [0.717, 1.165) is 5.56 Å². The van der Waals surface area contributed by atoms with E-state index < -0.39 is 17.9 Å². The molecule has 3 aromatic carbocycles. The van der Waals surface area contributed by atoms with Gasteiger partial charge in [-0.2, -0.15) is 0 Å². The van der Waals surface area contributed by atoms with Crippen LogP contribution in [0.15, 0.2) is 66.9 Å². The lowest BCUT2D eigenvalue weighted by molar-refractivity contribution is -0.274. The molecule has 0 fully saturated rings. The molecule has 0 saturated carbocycles. The molecule has 0 spiro atoms. The summed E-state index contributed by atoms with van der Waals surface area (Å²) in [6.45, 7) is 2.41. The van der Waals surface area contributed by atoms with E-state index in [9.17, 15) is 22.4 Å². The van der Waals surface area contributed by atoms with E-state index in [1.807, 2.05) is 30.3 Å². The molecule has 1 heterocycles. The molecule has 0 saturated heterocycles. The maximum atomic E-state index is 13.9. The lowest BCUT2D eigenvalue weighted by atomic mass is 10.0. The number of aromatic nitrogens is 1. The zero-order valence-corrected chi connectivity index (χ0v) is 19.3. The Morgan fingerprint density at radius 1 is 1.00 bits per heavy atom. The molecule has 36 heavy (non-hydrogen) atoms. The van der Waals surface area contributed by atoms with Gasteiger partial charge in [-0.25, -0.2) is 4.39 Å². The number of halogens is 4. The molecular formula is C27H23F4NO4. The molecule has 4 aromatic rings. The maximum absolute atomic E-state index is 13.9. The second-order valence-corrected chi connectivity index (χ2v) is 8.15. The molecule has 4 rings (SSSR count). The summed E-state index contributed by atoms with van der Waals surface area (Å²) in [6.07, 6.45) is -3.55. The monoisotopic (exact) mass is 501 g/mol. The SMILES string of the molecule is Cc1cc(OC(F)(F)F)cc2c(C(=O)Cc3ccc(F)cc3OCCOCc3ccccc3)c[nH]c12. The fraction of sp³-hybridized carbons (Fsp3) is 0.222. The van der Waals surface area contributed by atoms with Crippen LogP contribution >= 0.6 is 0 Å². The summed E-state index contributed by atoms with van der Waals surface area (Å²) in [4.78, 5) is 16.0. The number of Topliss-reactive ketones (excluding diaryl/α,β-unsaturated/α-hetero) is 1. The molecule has 0 aliphatic heterocycles. The van der Waals surface area contributed by atoms with Crippen LogP contribution in [0.2, 0.25) is 0 Å². The van der Waals surface area contributed by atoms with Crippen molar-refractivity contribution in [1.82, 2.24) is 4.98 Å². The number of hydrogen-bond acceptors (Lipinski definition) is 4. The Bertz CT molecular complexity index is 1350. The van der Waals surface area contributed by atoms with E-state index in [4.69, 9.17) is 9.47 Å². The van der Waals surface area contributed by atoms with Gasteiger partial charge in [-0.05, 0) is 36.2 Å². The van der Waals surface area contributed by atoms with E-state index in [0.29, 0.717) is 28.6 Å². The first-order chi connectivity index (χ1) is 17.2. The smallest absolute Gasteiger partial charge is 0.491 e. The molecule has 9 heteroatoms. The minimum Gasteiger partial charge on any atom is -0.491 e. The van der Waals surface area contributed by atoms with Crippen molar-refractivity contribution in [3.63, 3.8) is 0 Å². The molecule has 1 aromatic heterocycles. The quantitative estimate of drug-likeness (QED) is 0.152. The first-order valence-electron chi connectivity index (χ1n) is 11.1. The summed E-state index contributed by atoms with van der Waals surface area (Å²) in [5.41, 5.74) is 2.67. The number of aryl methyl sites for hydroxylation is 1. The zero-order valence-electron chi connectivity index (χ0n) is 19.3. The number of ether oxygens (including phenoxy) is 3. The molecule has 0 radical (unpaired) electrons. The van der Waals surface area contributed by atoms with E-state index in [-0.39, 0.29) is 36.7 Å². The first kappa shape index (κ1) is 25.2. The largest absolute Gasteiger partial charge is 0.573 e. The van der Waals surface area contributed by atoms with Gasteiger partial charge in [0.25, 0.3) is 0 Å². The third-order valence-corrected chi connectivity index (χ3v) is 5.47. The van der Waals surface area contributed by atoms with Crippen LogP contribution in [0.5, 0.6) is 11.5 Å². The van der Waals surface area contributed by atoms with Crippen molar-refractivity contribution < 1.29 is 36.6 Å². The van der Waals surface area contributed by atoms with Crippen LogP contribution in [0, 0.1) is 12.7 Å². The average Bonchev–Trinajstić information content (AvgIpc) is 3.24. The van der Waals surface area contributed by atoms with Crippen molar-refractivity contribution in [2.75, 3.05) is 13.2 Å².